The van der Waals surface area contributed by atoms with Crippen LogP contribution in [0.1, 0.15) is 33.8 Å². The Morgan fingerprint density at radius 1 is 1.22 bits per heavy atom. The van der Waals surface area contributed by atoms with Crippen LogP contribution in [0.4, 0.5) is 0 Å². The normalized spacial score (nSPS) is 17.7. The van der Waals surface area contributed by atoms with Gasteiger partial charge in [-0.2, -0.15) is 0 Å². The number of aliphatic hydroxyl groups excluding tert-OH is 1. The molecule has 2 aromatic rings. The Labute approximate surface area is 143 Å². The van der Waals surface area contributed by atoms with Crippen LogP contribution in [0.5, 0.6) is 0 Å². The fourth-order valence-electron chi connectivity index (χ4n) is 3.17. The van der Waals surface area contributed by atoms with Crippen molar-refractivity contribution in [3.8, 4) is 0 Å². The first-order valence-electron chi connectivity index (χ1n) is 8.39. The lowest BCUT2D eigenvalue weighted by molar-refractivity contribution is 0.102. The number of aryl methyl sites for hydroxylation is 1. The summed E-state index contributed by atoms with van der Waals surface area (Å²) in [4.78, 5) is 5.03. The molecule has 3 rings (SSSR count). The molecule has 0 amide bonds. The maximum Gasteiger partial charge on any atom is 0.0791 e. The average molecular weight is 330 g/mol. The Balaban J connectivity index is 1.46. The molecule has 1 aromatic carbocycles. The second kappa shape index (κ2) is 7.58. The minimum atomic E-state index is -0.330. The van der Waals surface area contributed by atoms with E-state index < -0.39 is 0 Å². The molecule has 4 heteroatoms. The van der Waals surface area contributed by atoms with Crippen molar-refractivity contribution in [2.24, 2.45) is 0 Å². The van der Waals surface area contributed by atoms with Crippen LogP contribution < -0.4 is 5.32 Å². The van der Waals surface area contributed by atoms with E-state index in [2.05, 4.69) is 60.5 Å². The minimum absolute atomic E-state index is 0.297. The molecule has 0 saturated heterocycles. The SMILES string of the molecule is Cc1ccc(C(C)NCC(O)CN2CCc3ccccc3C2)s1. The highest BCUT2D eigenvalue weighted by Crippen LogP contribution is 2.22. The van der Waals surface area contributed by atoms with Gasteiger partial charge in [-0.3, -0.25) is 4.90 Å². The molecular formula is C19H26N2OS. The van der Waals surface area contributed by atoms with Gasteiger partial charge in [-0.15, -0.1) is 11.3 Å². The number of nitrogens with one attached hydrogen (secondary N) is 1. The first kappa shape index (κ1) is 16.7. The van der Waals surface area contributed by atoms with Crippen molar-refractivity contribution >= 4 is 11.3 Å². The maximum atomic E-state index is 10.3. The molecule has 23 heavy (non-hydrogen) atoms. The van der Waals surface area contributed by atoms with Crippen molar-refractivity contribution < 1.29 is 5.11 Å². The predicted octanol–water partition coefficient (Wildman–Crippen LogP) is 3.13. The van der Waals surface area contributed by atoms with Crippen molar-refractivity contribution in [3.05, 3.63) is 57.3 Å². The van der Waals surface area contributed by atoms with Crippen molar-refractivity contribution in [1.82, 2.24) is 10.2 Å². The minimum Gasteiger partial charge on any atom is -0.390 e. The van der Waals surface area contributed by atoms with Crippen LogP contribution in [0.3, 0.4) is 0 Å². The highest BCUT2D eigenvalue weighted by Gasteiger charge is 2.18. The molecule has 2 unspecified atom stereocenters. The molecule has 3 nitrogen and oxygen atoms in total. The lowest BCUT2D eigenvalue weighted by atomic mass is 10.00. The topological polar surface area (TPSA) is 35.5 Å². The van der Waals surface area contributed by atoms with Crippen LogP contribution in [0.2, 0.25) is 0 Å². The molecule has 124 valence electrons. The number of hydrogen-bond acceptors (Lipinski definition) is 4. The molecule has 0 bridgehead atoms. The number of fused-ring (bicyclic) bond motifs is 1. The van der Waals surface area contributed by atoms with E-state index >= 15 is 0 Å². The fraction of sp³-hybridized carbons (Fsp3) is 0.474. The summed E-state index contributed by atoms with van der Waals surface area (Å²) >= 11 is 1.82. The van der Waals surface area contributed by atoms with Crippen LogP contribution in [0.15, 0.2) is 36.4 Å². The van der Waals surface area contributed by atoms with Gasteiger partial charge in [0.2, 0.25) is 0 Å². The highest BCUT2D eigenvalue weighted by atomic mass is 32.1. The summed E-state index contributed by atoms with van der Waals surface area (Å²) in [5, 5.41) is 13.8. The number of rotatable bonds is 6. The monoisotopic (exact) mass is 330 g/mol. The quantitative estimate of drug-likeness (QED) is 0.854. The van der Waals surface area contributed by atoms with Gasteiger partial charge in [0.25, 0.3) is 0 Å². The molecule has 0 spiro atoms. The lowest BCUT2D eigenvalue weighted by Gasteiger charge is -2.30. The van der Waals surface area contributed by atoms with Crippen LogP contribution in [0.25, 0.3) is 0 Å². The van der Waals surface area contributed by atoms with Gasteiger partial charge in [0.05, 0.1) is 6.10 Å². The van der Waals surface area contributed by atoms with E-state index in [0.717, 1.165) is 26.1 Å². The molecule has 0 radical (unpaired) electrons. The fourth-order valence-corrected chi connectivity index (χ4v) is 4.08. The lowest BCUT2D eigenvalue weighted by Crippen LogP contribution is -2.41. The number of aliphatic hydroxyl groups is 1. The molecule has 1 aliphatic rings. The molecule has 1 aliphatic heterocycles. The molecule has 1 aromatic heterocycles. The van der Waals surface area contributed by atoms with Crippen molar-refractivity contribution in [3.63, 3.8) is 0 Å². The van der Waals surface area contributed by atoms with Crippen LogP contribution >= 0.6 is 11.3 Å². The number of thiophene rings is 1. The van der Waals surface area contributed by atoms with E-state index in [9.17, 15) is 5.11 Å². The van der Waals surface area contributed by atoms with E-state index in [0.29, 0.717) is 12.6 Å². The maximum absolute atomic E-state index is 10.3. The number of benzene rings is 1. The van der Waals surface area contributed by atoms with E-state index in [1.165, 1.54) is 20.9 Å². The zero-order valence-electron chi connectivity index (χ0n) is 14.0. The van der Waals surface area contributed by atoms with Crippen LogP contribution in [0, 0.1) is 6.92 Å². The summed E-state index contributed by atoms with van der Waals surface area (Å²) in [6.07, 6.45) is 0.755. The van der Waals surface area contributed by atoms with Gasteiger partial charge in [-0.25, -0.2) is 0 Å². The molecule has 2 N–H and O–H groups in total. The van der Waals surface area contributed by atoms with Gasteiger partial charge in [0.15, 0.2) is 0 Å². The number of hydrogen-bond donors (Lipinski definition) is 2. The standard InChI is InChI=1S/C19H26N2OS/c1-14-7-8-19(23-14)15(2)20-11-18(22)13-21-10-9-16-5-3-4-6-17(16)12-21/h3-8,15,18,20,22H,9-13H2,1-2H3. The summed E-state index contributed by atoms with van der Waals surface area (Å²) in [6.45, 7) is 7.65. The third-order valence-electron chi connectivity index (χ3n) is 4.53. The van der Waals surface area contributed by atoms with Crippen molar-refractivity contribution in [1.29, 1.82) is 0 Å². The van der Waals surface area contributed by atoms with Gasteiger partial charge < -0.3 is 10.4 Å². The summed E-state index contributed by atoms with van der Waals surface area (Å²) in [6, 6.07) is 13.3. The van der Waals surface area contributed by atoms with E-state index in [-0.39, 0.29) is 6.10 Å². The third kappa shape index (κ3) is 4.42. The van der Waals surface area contributed by atoms with Gasteiger partial charge >= 0.3 is 0 Å². The smallest absolute Gasteiger partial charge is 0.0791 e. The first-order chi connectivity index (χ1) is 11.1. The second-order valence-corrected chi connectivity index (χ2v) is 7.81. The molecule has 2 heterocycles. The van der Waals surface area contributed by atoms with E-state index in [1.54, 1.807) is 0 Å². The molecule has 0 fully saturated rings. The van der Waals surface area contributed by atoms with Crippen molar-refractivity contribution in [2.45, 2.75) is 39.0 Å². The zero-order chi connectivity index (χ0) is 16.2. The number of β-amino-alcohol motifs (C(OH)–C–C–N with tert-alkyl or cyclic N) is 1. The third-order valence-corrected chi connectivity index (χ3v) is 5.71. The van der Waals surface area contributed by atoms with Gasteiger partial charge in [0.1, 0.15) is 0 Å². The van der Waals surface area contributed by atoms with Gasteiger partial charge in [-0.05, 0) is 43.5 Å². The Bertz CT molecular complexity index is 640. The van der Waals surface area contributed by atoms with Gasteiger partial charge in [-0.1, -0.05) is 24.3 Å². The Morgan fingerprint density at radius 3 is 2.74 bits per heavy atom. The first-order valence-corrected chi connectivity index (χ1v) is 9.20. The second-order valence-electron chi connectivity index (χ2n) is 6.49. The van der Waals surface area contributed by atoms with Crippen molar-refractivity contribution in [2.75, 3.05) is 19.6 Å². The van der Waals surface area contributed by atoms with Crippen LogP contribution in [-0.4, -0.2) is 35.7 Å². The Morgan fingerprint density at radius 2 is 2.00 bits per heavy atom. The predicted molar refractivity (Wildman–Crippen MR) is 96.9 cm³/mol. The Kier molecular flexibility index (Phi) is 5.49. The summed E-state index contributed by atoms with van der Waals surface area (Å²) < 4.78 is 0. The zero-order valence-corrected chi connectivity index (χ0v) is 14.8. The molecule has 0 saturated carbocycles. The molecule has 2 atom stereocenters. The highest BCUT2D eigenvalue weighted by molar-refractivity contribution is 7.12. The summed E-state index contributed by atoms with van der Waals surface area (Å²) in [5.41, 5.74) is 2.86. The number of nitrogens with zero attached hydrogens (tertiary/aromatic N) is 1. The molecular weight excluding hydrogens is 304 g/mol. The largest absolute Gasteiger partial charge is 0.390 e. The summed E-state index contributed by atoms with van der Waals surface area (Å²) in [5.74, 6) is 0. The Hall–Kier alpha value is -1.20. The average Bonchev–Trinajstić information content (AvgIpc) is 2.99. The summed E-state index contributed by atoms with van der Waals surface area (Å²) in [7, 11) is 0. The van der Waals surface area contributed by atoms with Crippen LogP contribution in [-0.2, 0) is 13.0 Å². The molecule has 0 aliphatic carbocycles. The van der Waals surface area contributed by atoms with E-state index in [4.69, 9.17) is 0 Å². The van der Waals surface area contributed by atoms with E-state index in [1.807, 2.05) is 11.3 Å². The van der Waals surface area contributed by atoms with Gasteiger partial charge in [0, 0.05) is 42.0 Å².